The zero-order chi connectivity index (χ0) is 19.6. The number of aliphatic imine (C=N–C) groups is 1. The maximum Gasteiger partial charge on any atom is 0.414 e. The van der Waals surface area contributed by atoms with Crippen LogP contribution >= 0.6 is 0 Å². The molecule has 0 bridgehead atoms. The van der Waals surface area contributed by atoms with Gasteiger partial charge in [-0.15, -0.1) is 0 Å². The molecule has 0 aliphatic carbocycles. The van der Waals surface area contributed by atoms with Crippen molar-refractivity contribution < 1.29 is 19.2 Å². The number of nitrogens with two attached hydrogens (primary N) is 1. The van der Waals surface area contributed by atoms with E-state index < -0.39 is 11.0 Å². The van der Waals surface area contributed by atoms with Gasteiger partial charge in [0.2, 0.25) is 5.91 Å². The Bertz CT molecular complexity index is 700. The molecule has 1 fully saturated rings. The molecule has 0 saturated carbocycles. The van der Waals surface area contributed by atoms with Crippen molar-refractivity contribution in [3.05, 3.63) is 39.9 Å². The Hall–Kier alpha value is -3.21. The first-order valence-corrected chi connectivity index (χ1v) is 8.41. The summed E-state index contributed by atoms with van der Waals surface area (Å²) in [5.74, 6) is -0.278. The summed E-state index contributed by atoms with van der Waals surface area (Å²) < 4.78 is 4.95. The Morgan fingerprint density at radius 3 is 2.74 bits per heavy atom. The molecule has 0 aromatic heterocycles. The number of alkyl carbamates (subject to hydrolysis) is 1. The van der Waals surface area contributed by atoms with Crippen LogP contribution in [-0.4, -0.2) is 48.6 Å². The lowest BCUT2D eigenvalue weighted by molar-refractivity contribution is -0.384. The molecule has 1 aliphatic rings. The van der Waals surface area contributed by atoms with Gasteiger partial charge >= 0.3 is 6.09 Å². The zero-order valence-electron chi connectivity index (χ0n) is 14.6. The van der Waals surface area contributed by atoms with E-state index >= 15 is 0 Å². The lowest BCUT2D eigenvalue weighted by Gasteiger charge is -2.10. The Morgan fingerprint density at radius 1 is 1.37 bits per heavy atom. The largest absolute Gasteiger partial charge is 0.444 e. The first-order chi connectivity index (χ1) is 12.9. The summed E-state index contributed by atoms with van der Waals surface area (Å²) in [7, 11) is 0. The fourth-order valence-corrected chi connectivity index (χ4v) is 2.40. The molecule has 11 heteroatoms. The molecular formula is C16H22N6O5. The number of non-ortho nitro benzene ring substituents is 1. The number of hydrogen-bond donors (Lipinski definition) is 4. The van der Waals surface area contributed by atoms with Crippen molar-refractivity contribution in [1.82, 2.24) is 16.0 Å². The average Bonchev–Trinajstić information content (AvgIpc) is 3.13. The second-order valence-corrected chi connectivity index (χ2v) is 5.90. The van der Waals surface area contributed by atoms with Gasteiger partial charge in [-0.3, -0.25) is 25.2 Å². The first kappa shape index (κ1) is 20.1. The normalized spacial score (nSPS) is 16.6. The van der Waals surface area contributed by atoms with E-state index in [1.54, 1.807) is 0 Å². The van der Waals surface area contributed by atoms with E-state index in [0.29, 0.717) is 5.56 Å². The van der Waals surface area contributed by atoms with Gasteiger partial charge in [-0.1, -0.05) is 0 Å². The monoisotopic (exact) mass is 378 g/mol. The van der Waals surface area contributed by atoms with Crippen molar-refractivity contribution in [3.8, 4) is 0 Å². The van der Waals surface area contributed by atoms with E-state index in [0.717, 1.165) is 19.5 Å². The summed E-state index contributed by atoms with van der Waals surface area (Å²) in [5, 5.41) is 18.8. The van der Waals surface area contributed by atoms with Crippen LogP contribution in [0.25, 0.3) is 0 Å². The van der Waals surface area contributed by atoms with Crippen LogP contribution in [0.3, 0.4) is 0 Å². The van der Waals surface area contributed by atoms with Gasteiger partial charge < -0.3 is 21.1 Å². The minimum atomic E-state index is -0.809. The molecule has 1 atom stereocenters. The lowest BCUT2D eigenvalue weighted by Crippen LogP contribution is -2.38. The van der Waals surface area contributed by atoms with Gasteiger partial charge in [-0.05, 0) is 30.7 Å². The SMILES string of the molecule is NC(=NCCC(=O)N[C@H]1CCNC1)NC(=O)OCc1ccc([N+](=O)[O-])cc1. The fraction of sp³-hybridized carbons (Fsp3) is 0.438. The van der Waals surface area contributed by atoms with E-state index in [1.165, 1.54) is 24.3 Å². The lowest BCUT2D eigenvalue weighted by atomic mass is 10.2. The third-order valence-corrected chi connectivity index (χ3v) is 3.79. The highest BCUT2D eigenvalue weighted by atomic mass is 16.6. The summed E-state index contributed by atoms with van der Waals surface area (Å²) in [5.41, 5.74) is 6.11. The van der Waals surface area contributed by atoms with Gasteiger partial charge in [0.05, 0.1) is 11.5 Å². The molecule has 5 N–H and O–H groups in total. The molecular weight excluding hydrogens is 356 g/mol. The van der Waals surface area contributed by atoms with Crippen LogP contribution in [0.15, 0.2) is 29.3 Å². The predicted molar refractivity (Wildman–Crippen MR) is 96.9 cm³/mol. The maximum atomic E-state index is 11.7. The van der Waals surface area contributed by atoms with E-state index in [2.05, 4.69) is 20.9 Å². The number of ether oxygens (including phenoxy) is 1. The van der Waals surface area contributed by atoms with Crippen molar-refractivity contribution in [3.63, 3.8) is 0 Å². The van der Waals surface area contributed by atoms with Crippen LogP contribution in [0.2, 0.25) is 0 Å². The first-order valence-electron chi connectivity index (χ1n) is 8.41. The van der Waals surface area contributed by atoms with Gasteiger partial charge in [0.15, 0.2) is 5.96 Å². The maximum absolute atomic E-state index is 11.7. The summed E-state index contributed by atoms with van der Waals surface area (Å²) in [6.07, 6.45) is 0.256. The van der Waals surface area contributed by atoms with E-state index in [4.69, 9.17) is 10.5 Å². The average molecular weight is 378 g/mol. The van der Waals surface area contributed by atoms with Gasteiger partial charge in [-0.2, -0.15) is 0 Å². The topological polar surface area (TPSA) is 161 Å². The number of amides is 2. The van der Waals surface area contributed by atoms with Crippen LogP contribution in [0.1, 0.15) is 18.4 Å². The molecule has 146 valence electrons. The standard InChI is InChI=1S/C16H22N6O5/c17-15(19-8-6-14(23)20-12-5-7-18-9-12)21-16(24)27-10-11-1-3-13(4-2-11)22(25)26/h1-4,12,18H,5-10H2,(H,20,23)(H3,17,19,21,24)/t12-/m0/s1. The van der Waals surface area contributed by atoms with E-state index in [-0.39, 0.29) is 43.2 Å². The number of rotatable bonds is 7. The molecule has 1 aliphatic heterocycles. The molecule has 11 nitrogen and oxygen atoms in total. The Labute approximate surface area is 155 Å². The van der Waals surface area contributed by atoms with Crippen molar-refractivity contribution in [2.24, 2.45) is 10.7 Å². The molecule has 0 radical (unpaired) electrons. The van der Waals surface area contributed by atoms with Gasteiger partial charge in [0, 0.05) is 31.1 Å². The van der Waals surface area contributed by atoms with Gasteiger partial charge in [0.1, 0.15) is 6.61 Å². The van der Waals surface area contributed by atoms with Gasteiger partial charge in [-0.25, -0.2) is 4.79 Å². The molecule has 1 saturated heterocycles. The number of guanidine groups is 1. The number of benzene rings is 1. The number of carbonyl (C=O) groups is 2. The Morgan fingerprint density at radius 2 is 2.11 bits per heavy atom. The molecule has 0 unspecified atom stereocenters. The van der Waals surface area contributed by atoms with Crippen LogP contribution in [0, 0.1) is 10.1 Å². The Balaban J connectivity index is 1.65. The van der Waals surface area contributed by atoms with Crippen molar-refractivity contribution >= 4 is 23.6 Å². The second-order valence-electron chi connectivity index (χ2n) is 5.90. The zero-order valence-corrected chi connectivity index (χ0v) is 14.6. The third-order valence-electron chi connectivity index (χ3n) is 3.79. The highest BCUT2D eigenvalue weighted by Crippen LogP contribution is 2.12. The van der Waals surface area contributed by atoms with Crippen LogP contribution < -0.4 is 21.7 Å². The minimum absolute atomic E-state index is 0.0483. The van der Waals surface area contributed by atoms with Gasteiger partial charge in [0.25, 0.3) is 5.69 Å². The molecule has 2 rings (SSSR count). The number of hydrogen-bond acceptors (Lipinski definition) is 7. The highest BCUT2D eigenvalue weighted by Gasteiger charge is 2.16. The Kier molecular flexibility index (Phi) is 7.49. The molecule has 1 aromatic rings. The van der Waals surface area contributed by atoms with Crippen molar-refractivity contribution in [2.75, 3.05) is 19.6 Å². The summed E-state index contributed by atoms with van der Waals surface area (Å²) in [6.45, 7) is 1.72. The molecule has 1 aromatic carbocycles. The number of nitro benzene ring substituents is 1. The second kappa shape index (κ2) is 10.1. The van der Waals surface area contributed by atoms with Crippen LogP contribution in [0.4, 0.5) is 10.5 Å². The molecule has 2 amide bonds. The quantitative estimate of drug-likeness (QED) is 0.225. The molecule has 1 heterocycles. The molecule has 27 heavy (non-hydrogen) atoms. The minimum Gasteiger partial charge on any atom is -0.444 e. The van der Waals surface area contributed by atoms with E-state index in [9.17, 15) is 19.7 Å². The summed E-state index contributed by atoms with van der Waals surface area (Å²) in [6, 6.07) is 5.76. The van der Waals surface area contributed by atoms with Crippen molar-refractivity contribution in [1.29, 1.82) is 0 Å². The van der Waals surface area contributed by atoms with E-state index in [1.807, 2.05) is 0 Å². The fourth-order valence-electron chi connectivity index (χ4n) is 2.40. The van der Waals surface area contributed by atoms with Crippen LogP contribution in [0.5, 0.6) is 0 Å². The third kappa shape index (κ3) is 7.28. The predicted octanol–water partition coefficient (Wildman–Crippen LogP) is 0.00390. The van der Waals surface area contributed by atoms with Crippen molar-refractivity contribution in [2.45, 2.75) is 25.5 Å². The number of nitrogens with one attached hydrogen (secondary N) is 3. The number of nitro groups is 1. The summed E-state index contributed by atoms with van der Waals surface area (Å²) in [4.78, 5) is 37.3. The number of nitrogens with zero attached hydrogens (tertiary/aromatic N) is 2. The smallest absolute Gasteiger partial charge is 0.414 e. The van der Waals surface area contributed by atoms with Crippen LogP contribution in [-0.2, 0) is 16.1 Å². The molecule has 0 spiro atoms. The number of carbonyl (C=O) groups excluding carboxylic acids is 2. The highest BCUT2D eigenvalue weighted by molar-refractivity contribution is 5.93. The summed E-state index contributed by atoms with van der Waals surface area (Å²) >= 11 is 0.